The molecule has 0 aliphatic carbocycles. The summed E-state index contributed by atoms with van der Waals surface area (Å²) in [5.41, 5.74) is 15.4. The lowest BCUT2D eigenvalue weighted by Crippen LogP contribution is -2.05. The highest BCUT2D eigenvalue weighted by molar-refractivity contribution is 6.33. The van der Waals surface area contributed by atoms with Crippen LogP contribution in [0.5, 0.6) is 0 Å². The smallest absolute Gasteiger partial charge is 0.368 e. The topological polar surface area (TPSA) is 117 Å². The van der Waals surface area contributed by atoms with Crippen LogP contribution in [0.15, 0.2) is 0 Å². The first-order valence-corrected chi connectivity index (χ1v) is 2.86. The molecular formula is C3H6BF3N6. The van der Waals surface area contributed by atoms with Crippen molar-refractivity contribution in [3.63, 3.8) is 0 Å². The summed E-state index contributed by atoms with van der Waals surface area (Å²) < 4.78 is 29.0. The molecule has 72 valence electrons. The Kier molecular flexibility index (Phi) is 4.34. The van der Waals surface area contributed by atoms with Crippen molar-refractivity contribution in [3.8, 4) is 0 Å². The van der Waals surface area contributed by atoms with E-state index in [0.717, 1.165) is 0 Å². The zero-order valence-electron chi connectivity index (χ0n) is 6.28. The Morgan fingerprint density at radius 1 is 0.769 bits per heavy atom. The van der Waals surface area contributed by atoms with Crippen molar-refractivity contribution in [2.24, 2.45) is 0 Å². The van der Waals surface area contributed by atoms with Crippen molar-refractivity contribution >= 4 is 25.4 Å². The molecule has 0 spiro atoms. The lowest BCUT2D eigenvalue weighted by Gasteiger charge is -1.93. The number of nitrogens with zero attached hydrogens (tertiary/aromatic N) is 3. The number of aromatic nitrogens is 3. The fraction of sp³-hybridized carbons (Fsp3) is 0. The molecule has 10 heteroatoms. The maximum atomic E-state index is 9.67. The first kappa shape index (κ1) is 11.3. The second kappa shape index (κ2) is 5.01. The van der Waals surface area contributed by atoms with Crippen LogP contribution in [-0.2, 0) is 0 Å². The van der Waals surface area contributed by atoms with Gasteiger partial charge in [-0.25, -0.2) is 0 Å². The predicted octanol–water partition coefficient (Wildman–Crippen LogP) is -0.502. The number of nitrogen functional groups attached to an aromatic ring is 3. The van der Waals surface area contributed by atoms with Crippen molar-refractivity contribution in [2.75, 3.05) is 17.2 Å². The highest BCUT2D eigenvalue weighted by Gasteiger charge is 2.06. The quantitative estimate of drug-likeness (QED) is 0.479. The van der Waals surface area contributed by atoms with Crippen LogP contribution in [0.2, 0.25) is 0 Å². The number of rotatable bonds is 0. The van der Waals surface area contributed by atoms with E-state index in [1.165, 1.54) is 0 Å². The van der Waals surface area contributed by atoms with Gasteiger partial charge >= 0.3 is 7.54 Å². The first-order chi connectivity index (χ1) is 5.91. The molecule has 0 fully saturated rings. The van der Waals surface area contributed by atoms with E-state index in [1.807, 2.05) is 0 Å². The van der Waals surface area contributed by atoms with Gasteiger partial charge in [0.1, 0.15) is 0 Å². The zero-order chi connectivity index (χ0) is 10.4. The predicted molar refractivity (Wildman–Crippen MR) is 42.1 cm³/mol. The second-order valence-corrected chi connectivity index (χ2v) is 1.66. The van der Waals surface area contributed by atoms with Crippen LogP contribution in [-0.4, -0.2) is 22.5 Å². The summed E-state index contributed by atoms with van der Waals surface area (Å²) in [6.07, 6.45) is 0. The molecular weight excluding hydrogens is 188 g/mol. The third-order valence-corrected chi connectivity index (χ3v) is 0.687. The SMILES string of the molecule is FB(F)F.Nc1nc(N)nc(N)n1. The summed E-state index contributed by atoms with van der Waals surface area (Å²) in [5.74, 6) is 0.125. The normalized spacial score (nSPS) is 8.54. The van der Waals surface area contributed by atoms with E-state index in [0.29, 0.717) is 0 Å². The molecule has 6 nitrogen and oxygen atoms in total. The van der Waals surface area contributed by atoms with Crippen LogP contribution >= 0.6 is 0 Å². The highest BCUT2D eigenvalue weighted by Crippen LogP contribution is 1.97. The molecule has 0 radical (unpaired) electrons. The van der Waals surface area contributed by atoms with Crippen molar-refractivity contribution in [3.05, 3.63) is 0 Å². The average Bonchev–Trinajstić information content (AvgIpc) is 1.80. The number of anilines is 3. The van der Waals surface area contributed by atoms with E-state index in [9.17, 15) is 12.9 Å². The zero-order valence-corrected chi connectivity index (χ0v) is 6.28. The van der Waals surface area contributed by atoms with Crippen molar-refractivity contribution in [1.29, 1.82) is 0 Å². The number of nitrogens with two attached hydrogens (primary N) is 3. The molecule has 0 aliphatic rings. The number of hydrogen-bond donors (Lipinski definition) is 3. The fourth-order valence-corrected chi connectivity index (χ4v) is 0.427. The van der Waals surface area contributed by atoms with E-state index >= 15 is 0 Å². The Labute approximate surface area is 71.6 Å². The molecule has 0 aliphatic heterocycles. The molecule has 13 heavy (non-hydrogen) atoms. The Morgan fingerprint density at radius 2 is 0.923 bits per heavy atom. The van der Waals surface area contributed by atoms with Crippen LogP contribution in [0.25, 0.3) is 0 Å². The highest BCUT2D eigenvalue weighted by atomic mass is 19.4. The van der Waals surface area contributed by atoms with Crippen LogP contribution in [0.1, 0.15) is 0 Å². The molecule has 0 saturated heterocycles. The maximum absolute atomic E-state index is 9.67. The van der Waals surface area contributed by atoms with Crippen LogP contribution in [0.4, 0.5) is 30.8 Å². The minimum Gasteiger partial charge on any atom is -0.368 e. The Hall–Kier alpha value is -1.74. The first-order valence-electron chi connectivity index (χ1n) is 2.86. The van der Waals surface area contributed by atoms with Gasteiger partial charge in [0.05, 0.1) is 0 Å². The Bertz CT molecular complexity index is 216. The third-order valence-electron chi connectivity index (χ3n) is 0.687. The van der Waals surface area contributed by atoms with Gasteiger partial charge in [0, 0.05) is 0 Å². The maximum Gasteiger partial charge on any atom is 0.762 e. The fourth-order valence-electron chi connectivity index (χ4n) is 0.427. The molecule has 0 amide bonds. The van der Waals surface area contributed by atoms with Gasteiger partial charge in [0.25, 0.3) is 0 Å². The summed E-state index contributed by atoms with van der Waals surface area (Å²) in [7, 11) is -3.67. The average molecular weight is 194 g/mol. The van der Waals surface area contributed by atoms with E-state index in [-0.39, 0.29) is 17.8 Å². The second-order valence-electron chi connectivity index (χ2n) is 1.66. The third kappa shape index (κ3) is 6.65. The Morgan fingerprint density at radius 3 is 1.08 bits per heavy atom. The molecule has 0 unspecified atom stereocenters. The van der Waals surface area contributed by atoms with Crippen LogP contribution < -0.4 is 17.2 Å². The van der Waals surface area contributed by atoms with Gasteiger partial charge in [-0.05, 0) is 0 Å². The van der Waals surface area contributed by atoms with E-state index in [4.69, 9.17) is 17.2 Å². The van der Waals surface area contributed by atoms with Gasteiger partial charge < -0.3 is 17.2 Å². The van der Waals surface area contributed by atoms with Crippen molar-refractivity contribution in [1.82, 2.24) is 15.0 Å². The van der Waals surface area contributed by atoms with Crippen molar-refractivity contribution < 1.29 is 12.9 Å². The summed E-state index contributed by atoms with van der Waals surface area (Å²) >= 11 is 0. The monoisotopic (exact) mass is 194 g/mol. The lowest BCUT2D eigenvalue weighted by molar-refractivity contribution is 0.535. The molecule has 0 saturated carbocycles. The molecule has 6 N–H and O–H groups in total. The minimum atomic E-state index is -3.67. The molecule has 1 aromatic heterocycles. The van der Waals surface area contributed by atoms with Gasteiger partial charge in [-0.2, -0.15) is 15.0 Å². The largest absolute Gasteiger partial charge is 0.762 e. The Balaban J connectivity index is 0.000000310. The van der Waals surface area contributed by atoms with E-state index < -0.39 is 7.54 Å². The molecule has 1 rings (SSSR count). The van der Waals surface area contributed by atoms with Crippen LogP contribution in [0, 0.1) is 0 Å². The van der Waals surface area contributed by atoms with E-state index in [2.05, 4.69) is 15.0 Å². The van der Waals surface area contributed by atoms with Crippen molar-refractivity contribution in [2.45, 2.75) is 0 Å². The summed E-state index contributed by atoms with van der Waals surface area (Å²) in [6.45, 7) is 0. The van der Waals surface area contributed by atoms with E-state index in [1.54, 1.807) is 0 Å². The molecule has 1 aromatic rings. The molecule has 1 heterocycles. The molecule has 0 aromatic carbocycles. The molecule has 0 atom stereocenters. The number of hydrogen-bond acceptors (Lipinski definition) is 6. The lowest BCUT2D eigenvalue weighted by atomic mass is 10.5. The van der Waals surface area contributed by atoms with Gasteiger partial charge in [0.15, 0.2) is 0 Å². The van der Waals surface area contributed by atoms with Gasteiger partial charge in [-0.15, -0.1) is 0 Å². The minimum absolute atomic E-state index is 0.0417. The van der Waals surface area contributed by atoms with Crippen LogP contribution in [0.3, 0.4) is 0 Å². The standard InChI is InChI=1S/C3H6N6.BF3/c4-1-7-2(5)9-3(6)8-1;2-1(3)4/h(H6,4,5,6,7,8,9);. The number of halogens is 3. The van der Waals surface area contributed by atoms with Gasteiger partial charge in [-0.3, -0.25) is 12.9 Å². The summed E-state index contributed by atoms with van der Waals surface area (Å²) in [5, 5.41) is 0. The summed E-state index contributed by atoms with van der Waals surface area (Å²) in [4.78, 5) is 10.5. The summed E-state index contributed by atoms with van der Waals surface area (Å²) in [6, 6.07) is 0. The molecule has 0 bridgehead atoms. The van der Waals surface area contributed by atoms with Gasteiger partial charge in [0.2, 0.25) is 17.8 Å². The van der Waals surface area contributed by atoms with Gasteiger partial charge in [-0.1, -0.05) is 0 Å².